The monoisotopic (exact) mass is 355 g/mol. The molecule has 6 nitrogen and oxygen atoms in total. The van der Waals surface area contributed by atoms with Gasteiger partial charge in [0.05, 0.1) is 11.6 Å². The Bertz CT molecular complexity index is 754. The predicted molar refractivity (Wildman–Crippen MR) is 100 cm³/mol. The minimum absolute atomic E-state index is 0.00681. The van der Waals surface area contributed by atoms with E-state index in [2.05, 4.69) is 36.9 Å². The van der Waals surface area contributed by atoms with Gasteiger partial charge < -0.3 is 10.4 Å². The van der Waals surface area contributed by atoms with E-state index in [-0.39, 0.29) is 22.8 Å². The number of hydrogen-bond donors (Lipinski definition) is 4. The Labute approximate surface area is 153 Å². The molecular formula is C20H25N3O3. The molecule has 0 saturated heterocycles. The highest BCUT2D eigenvalue weighted by Crippen LogP contribution is 2.29. The minimum Gasteiger partial charge on any atom is -0.507 e. The molecule has 138 valence electrons. The Hall–Kier alpha value is -3.02. The normalized spacial score (nSPS) is 12.1. The summed E-state index contributed by atoms with van der Waals surface area (Å²) in [5.41, 5.74) is 5.71. The quantitative estimate of drug-likeness (QED) is 0.633. The molecule has 0 heterocycles. The molecule has 0 spiro atoms. The van der Waals surface area contributed by atoms with Crippen LogP contribution in [0.25, 0.3) is 0 Å². The van der Waals surface area contributed by atoms with E-state index in [9.17, 15) is 14.7 Å². The van der Waals surface area contributed by atoms with Crippen LogP contribution in [-0.2, 0) is 0 Å². The number of carbonyl (C=O) groups excluding carboxylic acids is 2. The van der Waals surface area contributed by atoms with Crippen LogP contribution >= 0.6 is 0 Å². The zero-order valence-electron chi connectivity index (χ0n) is 15.2. The average molecular weight is 355 g/mol. The van der Waals surface area contributed by atoms with Gasteiger partial charge in [0.1, 0.15) is 5.75 Å². The molecule has 0 unspecified atom stereocenters. The van der Waals surface area contributed by atoms with Gasteiger partial charge in [0.15, 0.2) is 0 Å². The Balaban J connectivity index is 1.99. The highest BCUT2D eigenvalue weighted by atomic mass is 16.3. The van der Waals surface area contributed by atoms with Crippen LogP contribution in [0.4, 0.5) is 4.79 Å². The molecule has 0 fully saturated rings. The van der Waals surface area contributed by atoms with Crippen LogP contribution in [0.5, 0.6) is 5.75 Å². The molecule has 2 aromatic rings. The van der Waals surface area contributed by atoms with E-state index in [1.54, 1.807) is 12.1 Å². The van der Waals surface area contributed by atoms with Crippen molar-refractivity contribution in [3.05, 3.63) is 65.7 Å². The highest BCUT2D eigenvalue weighted by molar-refractivity contribution is 5.97. The molecule has 2 aromatic carbocycles. The molecule has 0 aliphatic heterocycles. The lowest BCUT2D eigenvalue weighted by molar-refractivity contribution is 0.0932. The first-order chi connectivity index (χ1) is 12.3. The van der Waals surface area contributed by atoms with Crippen molar-refractivity contribution >= 4 is 11.9 Å². The molecule has 0 aliphatic rings. The van der Waals surface area contributed by atoms with Gasteiger partial charge in [-0.25, -0.2) is 10.2 Å². The van der Waals surface area contributed by atoms with Crippen molar-refractivity contribution in [3.63, 3.8) is 0 Å². The number of nitrogens with one attached hydrogen (secondary N) is 3. The second kappa shape index (κ2) is 8.38. The molecule has 0 aromatic heterocycles. The lowest BCUT2D eigenvalue weighted by atomic mass is 9.85. The lowest BCUT2D eigenvalue weighted by Crippen LogP contribution is -2.48. The molecule has 0 bridgehead atoms. The Kier molecular flexibility index (Phi) is 6.22. The highest BCUT2D eigenvalue weighted by Gasteiger charge is 2.22. The minimum atomic E-state index is -0.592. The molecule has 2 rings (SSSR count). The van der Waals surface area contributed by atoms with Crippen molar-refractivity contribution in [2.75, 3.05) is 0 Å². The number of amides is 3. The fourth-order valence-corrected chi connectivity index (χ4v) is 2.59. The van der Waals surface area contributed by atoms with Crippen molar-refractivity contribution in [1.29, 1.82) is 0 Å². The number of hydrogen-bond acceptors (Lipinski definition) is 3. The third kappa shape index (κ3) is 5.81. The average Bonchev–Trinajstić information content (AvgIpc) is 2.59. The third-order valence-corrected chi connectivity index (χ3v) is 3.76. The Morgan fingerprint density at radius 2 is 1.58 bits per heavy atom. The van der Waals surface area contributed by atoms with Gasteiger partial charge in [0.25, 0.3) is 5.91 Å². The van der Waals surface area contributed by atoms with E-state index < -0.39 is 11.9 Å². The van der Waals surface area contributed by atoms with Gasteiger partial charge in [-0.15, -0.1) is 0 Å². The van der Waals surface area contributed by atoms with Crippen molar-refractivity contribution in [2.24, 2.45) is 5.41 Å². The van der Waals surface area contributed by atoms with E-state index in [1.165, 1.54) is 12.1 Å². The van der Waals surface area contributed by atoms with Crippen molar-refractivity contribution < 1.29 is 14.7 Å². The molecule has 26 heavy (non-hydrogen) atoms. The lowest BCUT2D eigenvalue weighted by Gasteiger charge is -2.27. The topological polar surface area (TPSA) is 90.5 Å². The number of carbonyl (C=O) groups is 2. The van der Waals surface area contributed by atoms with Gasteiger partial charge in [0.2, 0.25) is 0 Å². The molecular weight excluding hydrogens is 330 g/mol. The molecule has 4 N–H and O–H groups in total. The summed E-state index contributed by atoms with van der Waals surface area (Å²) in [6.45, 7) is 6.30. The first-order valence-electron chi connectivity index (χ1n) is 8.46. The standard InChI is InChI=1S/C20H25N3O3/c1-20(2,3)13-16(14-9-5-4-6-10-14)21-19(26)23-22-18(25)15-11-7-8-12-17(15)24/h4-12,16,24H,13H2,1-3H3,(H,22,25)(H2,21,23,26)/t16-/m1/s1. The fourth-order valence-electron chi connectivity index (χ4n) is 2.59. The summed E-state index contributed by atoms with van der Waals surface area (Å²) in [6.07, 6.45) is 0.734. The van der Waals surface area contributed by atoms with Crippen LogP contribution in [-0.4, -0.2) is 17.0 Å². The van der Waals surface area contributed by atoms with Crippen LogP contribution in [0.15, 0.2) is 54.6 Å². The number of phenols is 1. The van der Waals surface area contributed by atoms with Crippen LogP contribution in [0.2, 0.25) is 0 Å². The van der Waals surface area contributed by atoms with E-state index in [0.717, 1.165) is 12.0 Å². The molecule has 0 aliphatic carbocycles. The number of benzene rings is 2. The maximum atomic E-state index is 12.2. The summed E-state index contributed by atoms with van der Waals surface area (Å²) in [5.74, 6) is -0.743. The van der Waals surface area contributed by atoms with Gasteiger partial charge >= 0.3 is 6.03 Å². The Morgan fingerprint density at radius 1 is 0.962 bits per heavy atom. The second-order valence-corrected chi connectivity index (χ2v) is 7.30. The van der Waals surface area contributed by atoms with Gasteiger partial charge in [0, 0.05) is 0 Å². The summed E-state index contributed by atoms with van der Waals surface area (Å²) in [5, 5.41) is 12.6. The van der Waals surface area contributed by atoms with Gasteiger partial charge in [-0.2, -0.15) is 0 Å². The van der Waals surface area contributed by atoms with E-state index in [1.807, 2.05) is 30.3 Å². The molecule has 1 atom stereocenters. The smallest absolute Gasteiger partial charge is 0.333 e. The number of rotatable bonds is 4. The summed E-state index contributed by atoms with van der Waals surface area (Å²) < 4.78 is 0. The zero-order valence-corrected chi connectivity index (χ0v) is 15.2. The second-order valence-electron chi connectivity index (χ2n) is 7.30. The largest absolute Gasteiger partial charge is 0.507 e. The molecule has 0 radical (unpaired) electrons. The maximum Gasteiger partial charge on any atom is 0.333 e. The summed E-state index contributed by atoms with van der Waals surface area (Å²) in [6, 6.07) is 15.1. The van der Waals surface area contributed by atoms with Gasteiger partial charge in [-0.05, 0) is 29.5 Å². The number of hydrazine groups is 1. The van der Waals surface area contributed by atoms with E-state index >= 15 is 0 Å². The number of urea groups is 1. The maximum absolute atomic E-state index is 12.2. The number of phenolic OH excluding ortho intramolecular Hbond substituents is 1. The van der Waals surface area contributed by atoms with Crippen LogP contribution in [0, 0.1) is 5.41 Å². The summed E-state index contributed by atoms with van der Waals surface area (Å²) in [4.78, 5) is 24.3. The van der Waals surface area contributed by atoms with Crippen molar-refractivity contribution in [3.8, 4) is 5.75 Å². The summed E-state index contributed by atoms with van der Waals surface area (Å²) >= 11 is 0. The number of para-hydroxylation sites is 1. The summed E-state index contributed by atoms with van der Waals surface area (Å²) in [7, 11) is 0. The van der Waals surface area contributed by atoms with Gasteiger partial charge in [-0.1, -0.05) is 63.2 Å². The van der Waals surface area contributed by atoms with Crippen molar-refractivity contribution in [1.82, 2.24) is 16.2 Å². The molecule has 6 heteroatoms. The predicted octanol–water partition coefficient (Wildman–Crippen LogP) is 3.51. The van der Waals surface area contributed by atoms with Crippen molar-refractivity contribution in [2.45, 2.75) is 33.2 Å². The first kappa shape index (κ1) is 19.3. The fraction of sp³-hybridized carbons (Fsp3) is 0.300. The zero-order chi connectivity index (χ0) is 19.2. The number of aromatic hydroxyl groups is 1. The van der Waals surface area contributed by atoms with Crippen LogP contribution < -0.4 is 16.2 Å². The molecule has 0 saturated carbocycles. The van der Waals surface area contributed by atoms with Crippen LogP contribution in [0.1, 0.15) is 49.2 Å². The first-order valence-corrected chi connectivity index (χ1v) is 8.46. The Morgan fingerprint density at radius 3 is 2.19 bits per heavy atom. The third-order valence-electron chi connectivity index (χ3n) is 3.76. The van der Waals surface area contributed by atoms with E-state index in [4.69, 9.17) is 0 Å². The van der Waals surface area contributed by atoms with E-state index in [0.29, 0.717) is 0 Å². The molecule has 3 amide bonds. The SMILES string of the molecule is CC(C)(C)C[C@@H](NC(=O)NNC(=O)c1ccccc1O)c1ccccc1. The van der Waals surface area contributed by atoms with Crippen LogP contribution in [0.3, 0.4) is 0 Å². The van der Waals surface area contributed by atoms with Gasteiger partial charge in [-0.3, -0.25) is 10.2 Å².